The van der Waals surface area contributed by atoms with Crippen LogP contribution >= 0.6 is 35.0 Å². The van der Waals surface area contributed by atoms with Crippen LogP contribution in [0.25, 0.3) is 6.08 Å². The molecule has 4 aromatic rings. The molecular formula is C37H36Cl2FN3O4S. The second-order valence-corrected chi connectivity index (χ2v) is 13.0. The standard InChI is InChI=1S/C37H36Cl2FN3O4S/c38-29-13-18-32(33(39)24-29)34-37(19-4-8-26-6-2-1-3-7-26,36(45)43-41-20-23-48-25-27-9-14-30(40)15-10-27)42-35(47-34)28-11-16-31(17-12-28)46-22-5-21-44/h1-4,6-18,24,34,41,44H,5,19-23,25H2,(H,43,45)/b8-4+/t34-,37-/m0/s1. The summed E-state index contributed by atoms with van der Waals surface area (Å²) >= 11 is 14.6. The number of carbonyl (C=O) groups excluding carboxylic acids is 1. The third-order valence-electron chi connectivity index (χ3n) is 7.57. The lowest BCUT2D eigenvalue weighted by Gasteiger charge is -2.30. The number of aliphatic hydroxyl groups is 1. The van der Waals surface area contributed by atoms with Gasteiger partial charge in [-0.2, -0.15) is 11.8 Å². The van der Waals surface area contributed by atoms with Crippen LogP contribution in [0.5, 0.6) is 5.75 Å². The molecule has 5 rings (SSSR count). The Kier molecular flexibility index (Phi) is 12.9. The van der Waals surface area contributed by atoms with Gasteiger partial charge in [-0.15, -0.1) is 0 Å². The number of benzene rings is 4. The van der Waals surface area contributed by atoms with Crippen LogP contribution in [-0.2, 0) is 15.3 Å². The van der Waals surface area contributed by atoms with Crippen molar-refractivity contribution < 1.29 is 23.8 Å². The summed E-state index contributed by atoms with van der Waals surface area (Å²) in [5.74, 6) is 1.68. The highest BCUT2D eigenvalue weighted by atomic mass is 35.5. The van der Waals surface area contributed by atoms with Crippen molar-refractivity contribution in [3.05, 3.63) is 141 Å². The van der Waals surface area contributed by atoms with Crippen molar-refractivity contribution >= 4 is 52.8 Å². The van der Waals surface area contributed by atoms with Crippen LogP contribution in [0.4, 0.5) is 4.39 Å². The van der Waals surface area contributed by atoms with Gasteiger partial charge in [-0.3, -0.25) is 10.2 Å². The minimum Gasteiger partial charge on any atom is -0.494 e. The summed E-state index contributed by atoms with van der Waals surface area (Å²) in [6, 6.07) is 28.5. The van der Waals surface area contributed by atoms with E-state index in [0.29, 0.717) is 58.0 Å². The number of hydrogen-bond acceptors (Lipinski definition) is 7. The van der Waals surface area contributed by atoms with Crippen molar-refractivity contribution in [1.29, 1.82) is 0 Å². The number of thioether (sulfide) groups is 1. The predicted molar refractivity (Wildman–Crippen MR) is 192 cm³/mol. The summed E-state index contributed by atoms with van der Waals surface area (Å²) in [6.45, 7) is 0.915. The highest BCUT2D eigenvalue weighted by molar-refractivity contribution is 7.98. The zero-order valence-electron chi connectivity index (χ0n) is 26.1. The lowest BCUT2D eigenvalue weighted by Crippen LogP contribution is -2.53. The van der Waals surface area contributed by atoms with Gasteiger partial charge in [-0.1, -0.05) is 83.9 Å². The number of amides is 1. The number of rotatable bonds is 16. The molecule has 4 aromatic carbocycles. The van der Waals surface area contributed by atoms with Gasteiger partial charge in [0.05, 0.1) is 6.61 Å². The van der Waals surface area contributed by atoms with Crippen LogP contribution in [-0.4, -0.2) is 48.0 Å². The molecule has 48 heavy (non-hydrogen) atoms. The molecule has 3 N–H and O–H groups in total. The Labute approximate surface area is 294 Å². The first-order valence-corrected chi connectivity index (χ1v) is 17.4. The Morgan fingerprint density at radius 2 is 1.81 bits per heavy atom. The Hall–Kier alpha value is -3.86. The number of carbonyl (C=O) groups is 1. The van der Waals surface area contributed by atoms with Gasteiger partial charge in [0.2, 0.25) is 5.90 Å². The Bertz CT molecular complexity index is 1710. The van der Waals surface area contributed by atoms with Gasteiger partial charge in [0.15, 0.2) is 11.6 Å². The number of hydrazine groups is 1. The number of ether oxygens (including phenoxy) is 2. The first-order valence-electron chi connectivity index (χ1n) is 15.5. The number of aliphatic imine (C=N–C) groups is 1. The van der Waals surface area contributed by atoms with Crippen molar-refractivity contribution in [2.24, 2.45) is 4.99 Å². The second kappa shape index (κ2) is 17.5. The Morgan fingerprint density at radius 3 is 2.54 bits per heavy atom. The molecule has 0 spiro atoms. The van der Waals surface area contributed by atoms with Crippen molar-refractivity contribution in [2.75, 3.05) is 25.5 Å². The Balaban J connectivity index is 1.40. The van der Waals surface area contributed by atoms with E-state index in [1.807, 2.05) is 54.6 Å². The lowest BCUT2D eigenvalue weighted by molar-refractivity contribution is -0.129. The van der Waals surface area contributed by atoms with E-state index in [9.17, 15) is 9.18 Å². The first kappa shape index (κ1) is 35.4. The number of aliphatic hydroxyl groups excluding tert-OH is 1. The number of nitrogens with one attached hydrogen (secondary N) is 2. The molecule has 1 aliphatic heterocycles. The fourth-order valence-electron chi connectivity index (χ4n) is 5.09. The molecule has 1 amide bonds. The molecule has 2 atom stereocenters. The SMILES string of the molecule is O=C(NNCCSCc1ccc(F)cc1)[C@@]1(C/C=C/c2ccccc2)N=C(c2ccc(OCCCO)cc2)O[C@H]1c1ccc(Cl)cc1Cl. The first-order chi connectivity index (χ1) is 23.4. The summed E-state index contributed by atoms with van der Waals surface area (Å²) in [4.78, 5) is 19.3. The summed E-state index contributed by atoms with van der Waals surface area (Å²) in [5, 5.41) is 9.88. The number of nitrogens with zero attached hydrogens (tertiary/aromatic N) is 1. The van der Waals surface area contributed by atoms with Crippen LogP contribution in [0.15, 0.2) is 108 Å². The van der Waals surface area contributed by atoms with Crippen LogP contribution in [0.2, 0.25) is 10.0 Å². The minimum atomic E-state index is -1.44. The third kappa shape index (κ3) is 9.39. The summed E-state index contributed by atoms with van der Waals surface area (Å²) in [7, 11) is 0. The maximum Gasteiger partial charge on any atom is 0.266 e. The van der Waals surface area contributed by atoms with E-state index >= 15 is 0 Å². The molecule has 0 unspecified atom stereocenters. The predicted octanol–water partition coefficient (Wildman–Crippen LogP) is 7.81. The van der Waals surface area contributed by atoms with E-state index < -0.39 is 17.6 Å². The van der Waals surface area contributed by atoms with E-state index in [4.69, 9.17) is 42.8 Å². The van der Waals surface area contributed by atoms with Gasteiger partial charge in [0, 0.05) is 58.7 Å². The van der Waals surface area contributed by atoms with Gasteiger partial charge in [0.25, 0.3) is 5.91 Å². The van der Waals surface area contributed by atoms with Crippen molar-refractivity contribution in [3.63, 3.8) is 0 Å². The van der Waals surface area contributed by atoms with Crippen molar-refractivity contribution in [3.8, 4) is 5.75 Å². The fraction of sp³-hybridized carbons (Fsp3) is 0.243. The van der Waals surface area contributed by atoms with Crippen LogP contribution in [0, 0.1) is 5.82 Å². The summed E-state index contributed by atoms with van der Waals surface area (Å²) in [6.07, 6.45) is 3.70. The number of halogens is 3. The van der Waals surface area contributed by atoms with E-state index in [1.54, 1.807) is 54.2 Å². The molecule has 0 radical (unpaired) electrons. The monoisotopic (exact) mass is 707 g/mol. The normalized spacial score (nSPS) is 17.2. The van der Waals surface area contributed by atoms with Crippen molar-refractivity contribution in [1.82, 2.24) is 10.9 Å². The Morgan fingerprint density at radius 1 is 1.04 bits per heavy atom. The zero-order valence-corrected chi connectivity index (χ0v) is 28.4. The summed E-state index contributed by atoms with van der Waals surface area (Å²) in [5.41, 5.74) is 7.72. The van der Waals surface area contributed by atoms with Gasteiger partial charge in [-0.05, 0) is 59.7 Å². The van der Waals surface area contributed by atoms with Crippen LogP contribution in [0.3, 0.4) is 0 Å². The molecule has 0 aromatic heterocycles. The topological polar surface area (TPSA) is 92.2 Å². The van der Waals surface area contributed by atoms with Crippen molar-refractivity contribution in [2.45, 2.75) is 30.2 Å². The van der Waals surface area contributed by atoms with Gasteiger partial charge in [-0.25, -0.2) is 14.8 Å². The largest absolute Gasteiger partial charge is 0.494 e. The third-order valence-corrected chi connectivity index (χ3v) is 9.16. The molecular weight excluding hydrogens is 672 g/mol. The fourth-order valence-corrected chi connectivity index (χ4v) is 6.42. The summed E-state index contributed by atoms with van der Waals surface area (Å²) < 4.78 is 25.5. The minimum absolute atomic E-state index is 0.0456. The second-order valence-electron chi connectivity index (χ2n) is 11.0. The highest BCUT2D eigenvalue weighted by Crippen LogP contribution is 2.45. The maximum atomic E-state index is 14.3. The molecule has 0 fully saturated rings. The highest BCUT2D eigenvalue weighted by Gasteiger charge is 2.53. The van der Waals surface area contributed by atoms with Crippen LogP contribution < -0.4 is 15.6 Å². The molecule has 0 saturated heterocycles. The van der Waals surface area contributed by atoms with Gasteiger partial charge >= 0.3 is 0 Å². The molecule has 0 saturated carbocycles. The average molecular weight is 709 g/mol. The molecule has 250 valence electrons. The number of hydrogen-bond donors (Lipinski definition) is 3. The smallest absolute Gasteiger partial charge is 0.266 e. The van der Waals surface area contributed by atoms with E-state index in [2.05, 4.69) is 10.9 Å². The average Bonchev–Trinajstić information content (AvgIpc) is 3.48. The van der Waals surface area contributed by atoms with Gasteiger partial charge in [0.1, 0.15) is 11.6 Å². The van der Waals surface area contributed by atoms with E-state index in [0.717, 1.165) is 11.1 Å². The molecule has 0 aliphatic carbocycles. The maximum absolute atomic E-state index is 14.3. The quantitative estimate of drug-likeness (QED) is 0.0813. The molecule has 1 aliphatic rings. The molecule has 11 heteroatoms. The molecule has 0 bridgehead atoms. The molecule has 1 heterocycles. The lowest BCUT2D eigenvalue weighted by atomic mass is 9.84. The van der Waals surface area contributed by atoms with Gasteiger partial charge < -0.3 is 14.6 Å². The molecule has 7 nitrogen and oxygen atoms in total. The van der Waals surface area contributed by atoms with E-state index in [-0.39, 0.29) is 24.7 Å². The van der Waals surface area contributed by atoms with E-state index in [1.165, 1.54) is 12.1 Å². The zero-order chi connectivity index (χ0) is 33.8. The van der Waals surface area contributed by atoms with Crippen LogP contribution in [0.1, 0.15) is 41.2 Å².